The smallest absolute Gasteiger partial charge is 0.269 e. The summed E-state index contributed by atoms with van der Waals surface area (Å²) in [5.74, 6) is -0.386. The number of rotatable bonds is 6. The maximum absolute atomic E-state index is 13.1. The van der Waals surface area contributed by atoms with Gasteiger partial charge in [0.1, 0.15) is 6.54 Å². The zero-order chi connectivity index (χ0) is 21.8. The lowest BCUT2D eigenvalue weighted by Crippen LogP contribution is -2.37. The van der Waals surface area contributed by atoms with Crippen LogP contribution in [-0.4, -0.2) is 41.3 Å². The molecule has 8 nitrogen and oxygen atoms in total. The highest BCUT2D eigenvalue weighted by Crippen LogP contribution is 2.23. The highest BCUT2D eigenvalue weighted by atomic mass is 32.2. The third-order valence-electron chi connectivity index (χ3n) is 5.44. The molecule has 0 spiro atoms. The normalized spacial score (nSPS) is 15.1. The van der Waals surface area contributed by atoms with E-state index in [2.05, 4.69) is 10.3 Å². The standard InChI is InChI=1S/C22H24N4O4S/c27-21(16-26-19-10-4-3-9-18(19)23-15-22(26)28)24-14-17-8-2-5-11-20(17)31(29,30)25-12-6-1-7-13-25/h2-5,8-11,15H,1,6-7,12-14,16H2,(H,24,27). The van der Waals surface area contributed by atoms with Gasteiger partial charge in [-0.15, -0.1) is 0 Å². The van der Waals surface area contributed by atoms with Crippen LogP contribution in [-0.2, 0) is 27.9 Å². The summed E-state index contributed by atoms with van der Waals surface area (Å²) in [7, 11) is -3.62. The molecule has 2 heterocycles. The summed E-state index contributed by atoms with van der Waals surface area (Å²) in [6.45, 7) is 0.908. The van der Waals surface area contributed by atoms with Gasteiger partial charge < -0.3 is 5.32 Å². The van der Waals surface area contributed by atoms with E-state index in [4.69, 9.17) is 0 Å². The molecule has 0 saturated carbocycles. The second-order valence-corrected chi connectivity index (χ2v) is 9.43. The first kappa shape index (κ1) is 21.2. The summed E-state index contributed by atoms with van der Waals surface area (Å²) in [6.07, 6.45) is 3.93. The minimum absolute atomic E-state index is 0.0554. The van der Waals surface area contributed by atoms with Gasteiger partial charge in [-0.2, -0.15) is 4.31 Å². The number of piperidine rings is 1. The summed E-state index contributed by atoms with van der Waals surface area (Å²) in [5, 5.41) is 2.75. The fourth-order valence-corrected chi connectivity index (χ4v) is 5.56. The SMILES string of the molecule is O=C(Cn1c(=O)cnc2ccccc21)NCc1ccccc1S(=O)(=O)N1CCCCC1. The third kappa shape index (κ3) is 4.52. The van der Waals surface area contributed by atoms with Crippen molar-refractivity contribution >= 4 is 27.0 Å². The molecular weight excluding hydrogens is 416 g/mol. The van der Waals surface area contributed by atoms with Crippen LogP contribution in [0.3, 0.4) is 0 Å². The lowest BCUT2D eigenvalue weighted by Gasteiger charge is -2.26. The Morgan fingerprint density at radius 2 is 1.71 bits per heavy atom. The van der Waals surface area contributed by atoms with Crippen LogP contribution in [0.2, 0.25) is 0 Å². The molecule has 2 aromatic carbocycles. The predicted octanol–water partition coefficient (Wildman–Crippen LogP) is 1.89. The van der Waals surface area contributed by atoms with Gasteiger partial charge in [-0.3, -0.25) is 14.2 Å². The van der Waals surface area contributed by atoms with E-state index in [0.29, 0.717) is 29.7 Å². The Hall–Kier alpha value is -3.04. The molecule has 0 bridgehead atoms. The van der Waals surface area contributed by atoms with E-state index in [1.807, 2.05) is 6.07 Å². The molecule has 9 heteroatoms. The highest BCUT2D eigenvalue weighted by Gasteiger charge is 2.27. The number of fused-ring (bicyclic) bond motifs is 1. The lowest BCUT2D eigenvalue weighted by molar-refractivity contribution is -0.121. The van der Waals surface area contributed by atoms with Crippen molar-refractivity contribution in [3.05, 3.63) is 70.6 Å². The minimum atomic E-state index is -3.62. The van der Waals surface area contributed by atoms with Crippen molar-refractivity contribution in [2.24, 2.45) is 0 Å². The average molecular weight is 441 g/mol. The third-order valence-corrected chi connectivity index (χ3v) is 7.43. The Kier molecular flexibility index (Phi) is 6.15. The molecule has 0 unspecified atom stereocenters. The Morgan fingerprint density at radius 3 is 2.52 bits per heavy atom. The maximum Gasteiger partial charge on any atom is 0.269 e. The molecule has 3 aromatic rings. The van der Waals surface area contributed by atoms with Crippen LogP contribution in [0.1, 0.15) is 24.8 Å². The topological polar surface area (TPSA) is 101 Å². The van der Waals surface area contributed by atoms with Crippen LogP contribution in [0.25, 0.3) is 11.0 Å². The summed E-state index contributed by atoms with van der Waals surface area (Å²) in [5.41, 5.74) is 1.33. The molecule has 4 rings (SSSR count). The molecule has 1 fully saturated rings. The molecule has 1 aliphatic heterocycles. The molecular formula is C22H24N4O4S. The van der Waals surface area contributed by atoms with Crippen molar-refractivity contribution in [3.63, 3.8) is 0 Å². The van der Waals surface area contributed by atoms with Gasteiger partial charge in [0.15, 0.2) is 0 Å². The first-order chi connectivity index (χ1) is 15.0. The zero-order valence-electron chi connectivity index (χ0n) is 17.0. The number of benzene rings is 2. The Morgan fingerprint density at radius 1 is 1.00 bits per heavy atom. The Bertz CT molecular complexity index is 1260. The highest BCUT2D eigenvalue weighted by molar-refractivity contribution is 7.89. The molecule has 1 aliphatic rings. The van der Waals surface area contributed by atoms with Gasteiger partial charge in [-0.1, -0.05) is 36.8 Å². The summed E-state index contributed by atoms with van der Waals surface area (Å²) in [6, 6.07) is 13.8. The van der Waals surface area contributed by atoms with Crippen LogP contribution >= 0.6 is 0 Å². The van der Waals surface area contributed by atoms with Crippen molar-refractivity contribution < 1.29 is 13.2 Å². The van der Waals surface area contributed by atoms with E-state index in [0.717, 1.165) is 19.3 Å². The monoisotopic (exact) mass is 440 g/mol. The second-order valence-electron chi connectivity index (χ2n) is 7.52. The number of aromatic nitrogens is 2. The first-order valence-corrected chi connectivity index (χ1v) is 11.7. The van der Waals surface area contributed by atoms with E-state index in [9.17, 15) is 18.0 Å². The Balaban J connectivity index is 1.51. The van der Waals surface area contributed by atoms with E-state index < -0.39 is 10.0 Å². The predicted molar refractivity (Wildman–Crippen MR) is 117 cm³/mol. The molecule has 162 valence electrons. The van der Waals surface area contributed by atoms with E-state index in [1.54, 1.807) is 42.5 Å². The van der Waals surface area contributed by atoms with E-state index >= 15 is 0 Å². The molecule has 0 aliphatic carbocycles. The summed E-state index contributed by atoms with van der Waals surface area (Å²) >= 11 is 0. The van der Waals surface area contributed by atoms with Crippen molar-refractivity contribution in [2.75, 3.05) is 13.1 Å². The summed E-state index contributed by atoms with van der Waals surface area (Å²) < 4.78 is 29.1. The van der Waals surface area contributed by atoms with Gasteiger partial charge in [-0.25, -0.2) is 13.4 Å². The summed E-state index contributed by atoms with van der Waals surface area (Å²) in [4.78, 5) is 29.1. The number of carbonyl (C=O) groups is 1. The average Bonchev–Trinajstić information content (AvgIpc) is 2.80. The fourth-order valence-electron chi connectivity index (χ4n) is 3.82. The van der Waals surface area contributed by atoms with Crippen molar-refractivity contribution in [1.29, 1.82) is 0 Å². The van der Waals surface area contributed by atoms with Crippen LogP contribution in [0.4, 0.5) is 0 Å². The number of carbonyl (C=O) groups excluding carboxylic acids is 1. The Labute approximate surface area is 180 Å². The van der Waals surface area contributed by atoms with E-state index in [-0.39, 0.29) is 29.5 Å². The maximum atomic E-state index is 13.1. The number of hydrogen-bond donors (Lipinski definition) is 1. The van der Waals surface area contributed by atoms with Crippen molar-refractivity contribution in [1.82, 2.24) is 19.2 Å². The van der Waals surface area contributed by atoms with Crippen LogP contribution < -0.4 is 10.9 Å². The van der Waals surface area contributed by atoms with Gasteiger partial charge in [0.25, 0.3) is 5.56 Å². The van der Waals surface area contributed by atoms with Gasteiger partial charge in [0.05, 0.1) is 22.1 Å². The fraction of sp³-hybridized carbons (Fsp3) is 0.318. The first-order valence-electron chi connectivity index (χ1n) is 10.3. The number of amides is 1. The van der Waals surface area contributed by atoms with Gasteiger partial charge in [-0.05, 0) is 36.6 Å². The number of nitrogens with one attached hydrogen (secondary N) is 1. The zero-order valence-corrected chi connectivity index (χ0v) is 17.8. The molecule has 31 heavy (non-hydrogen) atoms. The number of sulfonamides is 1. The van der Waals surface area contributed by atoms with Crippen molar-refractivity contribution in [2.45, 2.75) is 37.2 Å². The van der Waals surface area contributed by atoms with Gasteiger partial charge in [0, 0.05) is 19.6 Å². The molecule has 0 radical (unpaired) electrons. The second kappa shape index (κ2) is 8.99. The molecule has 0 atom stereocenters. The van der Waals surface area contributed by atoms with Crippen LogP contribution in [0, 0.1) is 0 Å². The number of hydrogen-bond acceptors (Lipinski definition) is 5. The molecule has 1 N–H and O–H groups in total. The number of para-hydroxylation sites is 2. The van der Waals surface area contributed by atoms with Gasteiger partial charge >= 0.3 is 0 Å². The van der Waals surface area contributed by atoms with Crippen LogP contribution in [0.5, 0.6) is 0 Å². The minimum Gasteiger partial charge on any atom is -0.350 e. The number of nitrogens with zero attached hydrogens (tertiary/aromatic N) is 3. The molecule has 1 aromatic heterocycles. The largest absolute Gasteiger partial charge is 0.350 e. The quantitative estimate of drug-likeness (QED) is 0.631. The van der Waals surface area contributed by atoms with Gasteiger partial charge in [0.2, 0.25) is 15.9 Å². The molecule has 1 saturated heterocycles. The molecule has 1 amide bonds. The van der Waals surface area contributed by atoms with E-state index in [1.165, 1.54) is 15.1 Å². The lowest BCUT2D eigenvalue weighted by atomic mass is 10.2. The van der Waals surface area contributed by atoms with Crippen LogP contribution in [0.15, 0.2) is 64.4 Å². The van der Waals surface area contributed by atoms with Crippen molar-refractivity contribution in [3.8, 4) is 0 Å².